The molecule has 0 saturated carbocycles. The van der Waals surface area contributed by atoms with Gasteiger partial charge in [0.2, 0.25) is 0 Å². The molecule has 0 saturated heterocycles. The smallest absolute Gasteiger partial charge is 0.548 e. The molecule has 1 unspecified atom stereocenters. The largest absolute Gasteiger partial charge is 1.00 e. The van der Waals surface area contributed by atoms with Crippen molar-refractivity contribution in [3.63, 3.8) is 0 Å². The Morgan fingerprint density at radius 2 is 1.73 bits per heavy atom. The fraction of sp³-hybridized carbons (Fsp3) is 0.824. The van der Waals surface area contributed by atoms with Crippen molar-refractivity contribution in [1.29, 1.82) is 0 Å². The van der Waals surface area contributed by atoms with Gasteiger partial charge in [-0.3, -0.25) is 4.48 Å². The minimum absolute atomic E-state index is 0. The van der Waals surface area contributed by atoms with Crippen LogP contribution in [0.5, 0.6) is 0 Å². The van der Waals surface area contributed by atoms with E-state index in [0.717, 1.165) is 25.1 Å². The van der Waals surface area contributed by atoms with Gasteiger partial charge in [-0.15, -0.1) is 0 Å². The summed E-state index contributed by atoms with van der Waals surface area (Å²) in [4.78, 5) is 26.1. The maximum Gasteiger partial charge on any atom is 1.00 e. The second-order valence-electron chi connectivity index (χ2n) is 6.36. The molecule has 0 aromatic rings. The van der Waals surface area contributed by atoms with Gasteiger partial charge in [0.25, 0.3) is 0 Å². The zero-order valence-electron chi connectivity index (χ0n) is 16.6. The minimum atomic E-state index is -1.27. The average Bonchev–Trinajstić information content (AvgIpc) is 2.89. The van der Waals surface area contributed by atoms with Gasteiger partial charge in [-0.25, -0.2) is 4.99 Å². The molecule has 138 valence electrons. The van der Waals surface area contributed by atoms with E-state index in [9.17, 15) is 19.8 Å². The van der Waals surface area contributed by atoms with Crippen molar-refractivity contribution in [2.24, 2.45) is 4.99 Å². The molecule has 0 aromatic heterocycles. The second-order valence-corrected chi connectivity index (χ2v) is 6.36. The molecule has 26 heavy (non-hydrogen) atoms. The number of unbranched alkanes of at least 4 members (excludes halogenated alkanes) is 5. The predicted octanol–water partition coefficient (Wildman–Crippen LogP) is -6.51. The van der Waals surface area contributed by atoms with Gasteiger partial charge < -0.3 is 24.5 Å². The number of amidine groups is 1. The number of hydrogen-bond acceptors (Lipinski definition) is 6. The monoisotopic (exact) mass is 387 g/mol. The number of aliphatic imine (C=N–C) groups is 1. The number of nitrogens with zero attached hydrogens (tertiary/aromatic N) is 2. The van der Waals surface area contributed by atoms with E-state index in [1.807, 2.05) is 0 Å². The predicted molar refractivity (Wildman–Crippen MR) is 86.0 cm³/mol. The van der Waals surface area contributed by atoms with Crippen LogP contribution in [0.4, 0.5) is 0 Å². The van der Waals surface area contributed by atoms with Crippen LogP contribution < -0.4 is 69.3 Å². The van der Waals surface area contributed by atoms with Crippen molar-refractivity contribution in [2.45, 2.75) is 51.9 Å². The zero-order chi connectivity index (χ0) is 17.8. The number of aliphatic carboxylic acids is 2. The molecule has 1 atom stereocenters. The molecule has 1 rings (SSSR count). The van der Waals surface area contributed by atoms with Gasteiger partial charge >= 0.3 is 59.1 Å². The molecule has 0 aliphatic carbocycles. The second kappa shape index (κ2) is 16.5. The number of quaternary nitrogens is 1. The summed E-state index contributed by atoms with van der Waals surface area (Å²) in [5.41, 5.74) is 0. The van der Waals surface area contributed by atoms with Crippen molar-refractivity contribution < 1.29 is 88.1 Å². The van der Waals surface area contributed by atoms with E-state index in [-0.39, 0.29) is 76.7 Å². The molecule has 0 fully saturated rings. The van der Waals surface area contributed by atoms with Crippen LogP contribution in [0.2, 0.25) is 0 Å². The van der Waals surface area contributed by atoms with Gasteiger partial charge in [-0.2, -0.15) is 0 Å². The van der Waals surface area contributed by atoms with Gasteiger partial charge in [0.15, 0.2) is 5.84 Å². The number of rotatable bonds is 14. The Bertz CT molecular complexity index is 449. The van der Waals surface area contributed by atoms with Crippen LogP contribution >= 0.6 is 0 Å². The van der Waals surface area contributed by atoms with Crippen LogP contribution in [0, 0.1) is 0 Å². The Hall–Kier alpha value is 0.530. The number of carbonyl (C=O) groups excluding carboxylic acids is 2. The van der Waals surface area contributed by atoms with Gasteiger partial charge in [-0.05, 0) is 6.42 Å². The summed E-state index contributed by atoms with van der Waals surface area (Å²) in [5.74, 6) is -1.51. The molecular weight excluding hydrogens is 358 g/mol. The van der Waals surface area contributed by atoms with Crippen LogP contribution in [0.3, 0.4) is 0 Å². The Balaban J connectivity index is 0. The molecule has 0 bridgehead atoms. The summed E-state index contributed by atoms with van der Waals surface area (Å²) >= 11 is 0. The van der Waals surface area contributed by atoms with Crippen LogP contribution in [0.1, 0.15) is 51.9 Å². The average molecular weight is 387 g/mol. The van der Waals surface area contributed by atoms with E-state index in [2.05, 4.69) is 11.9 Å². The normalized spacial score (nSPS) is 18.6. The van der Waals surface area contributed by atoms with Crippen molar-refractivity contribution >= 4 is 17.8 Å². The molecule has 7 nitrogen and oxygen atoms in total. The Labute approximate surface area is 200 Å². The molecule has 1 heterocycles. The fourth-order valence-corrected chi connectivity index (χ4v) is 3.16. The summed E-state index contributed by atoms with van der Waals surface area (Å²) in [6, 6.07) is 0. The SMILES string of the molecule is CCCCCCCCC1=NCC[N+]1(CCOCC(=O)[O-])CC(=O)[O-].[Na+].[Na+]. The maximum absolute atomic E-state index is 11.2. The van der Waals surface area contributed by atoms with E-state index >= 15 is 0 Å². The van der Waals surface area contributed by atoms with Crippen molar-refractivity contribution in [1.82, 2.24) is 0 Å². The topological polar surface area (TPSA) is 102 Å². The molecule has 1 aliphatic heterocycles. The number of carboxylic acids is 2. The molecule has 0 amide bonds. The number of hydrogen-bond donors (Lipinski definition) is 0. The van der Waals surface area contributed by atoms with Gasteiger partial charge in [0.05, 0.1) is 31.7 Å². The third-order valence-electron chi connectivity index (χ3n) is 4.44. The molecule has 9 heteroatoms. The van der Waals surface area contributed by atoms with E-state index < -0.39 is 18.5 Å². The van der Waals surface area contributed by atoms with E-state index in [1.54, 1.807) is 0 Å². The first-order valence-corrected chi connectivity index (χ1v) is 8.87. The number of carbonyl (C=O) groups is 2. The first-order chi connectivity index (χ1) is 11.5. The fourth-order valence-electron chi connectivity index (χ4n) is 3.16. The van der Waals surface area contributed by atoms with Crippen LogP contribution in [-0.2, 0) is 14.3 Å². The van der Waals surface area contributed by atoms with Crippen molar-refractivity contribution in [3.05, 3.63) is 0 Å². The molecule has 0 spiro atoms. The Morgan fingerprint density at radius 1 is 1.08 bits per heavy atom. The summed E-state index contributed by atoms with van der Waals surface area (Å²) in [7, 11) is 0. The van der Waals surface area contributed by atoms with Gasteiger partial charge in [-0.1, -0.05) is 39.0 Å². The first kappa shape index (κ1) is 28.7. The standard InChI is InChI=1S/C17H30N2O5.2Na/c1-2-3-4-5-6-7-8-15-18-9-10-19(15,13-16(20)21)11-12-24-14-17(22)23;;/h2-14H2,1H3,(H-,20,21,22,23);;/q;2*+1/p-1. The van der Waals surface area contributed by atoms with E-state index in [1.165, 1.54) is 25.7 Å². The van der Waals surface area contributed by atoms with Crippen LogP contribution in [-0.4, -0.2) is 61.7 Å². The van der Waals surface area contributed by atoms with Crippen molar-refractivity contribution in [2.75, 3.05) is 39.4 Å². The molecular formula is C17H29N2Na2O5+. The van der Waals surface area contributed by atoms with E-state index in [0.29, 0.717) is 19.6 Å². The van der Waals surface area contributed by atoms with E-state index in [4.69, 9.17) is 4.74 Å². The Kier molecular flexibility index (Phi) is 18.2. The van der Waals surface area contributed by atoms with Crippen LogP contribution in [0.25, 0.3) is 0 Å². The molecule has 0 aromatic carbocycles. The van der Waals surface area contributed by atoms with Crippen LogP contribution in [0.15, 0.2) is 4.99 Å². The molecule has 1 aliphatic rings. The van der Waals surface area contributed by atoms with Gasteiger partial charge in [0.1, 0.15) is 19.6 Å². The van der Waals surface area contributed by atoms with Crippen molar-refractivity contribution in [3.8, 4) is 0 Å². The maximum atomic E-state index is 11.2. The third kappa shape index (κ3) is 11.4. The molecule has 0 radical (unpaired) electrons. The summed E-state index contributed by atoms with van der Waals surface area (Å²) in [6.07, 6.45) is 7.78. The third-order valence-corrected chi connectivity index (χ3v) is 4.44. The summed E-state index contributed by atoms with van der Waals surface area (Å²) in [5, 5.41) is 21.6. The summed E-state index contributed by atoms with van der Waals surface area (Å²) in [6.45, 7) is 3.33. The Morgan fingerprint density at radius 3 is 2.35 bits per heavy atom. The minimum Gasteiger partial charge on any atom is -0.548 e. The quantitative estimate of drug-likeness (QED) is 0.168. The first-order valence-electron chi connectivity index (χ1n) is 8.87. The number of carboxylic acid groups (broad SMARTS) is 2. The zero-order valence-corrected chi connectivity index (χ0v) is 20.6. The summed E-state index contributed by atoms with van der Waals surface area (Å²) < 4.78 is 5.26. The number of ether oxygens (including phenoxy) is 1. The van der Waals surface area contributed by atoms with Gasteiger partial charge in [0, 0.05) is 6.42 Å². The molecule has 0 N–H and O–H groups in total.